The number of rotatable bonds is 5. The SMILES string of the molecule is COc1ccc(Cc2nc(NC(=O)c3nc(C)sc3C)n[nH]2)cc1. The number of benzene rings is 1. The maximum atomic E-state index is 12.2. The first-order chi connectivity index (χ1) is 11.5. The minimum absolute atomic E-state index is 0.244. The summed E-state index contributed by atoms with van der Waals surface area (Å²) in [5.74, 6) is 1.42. The minimum atomic E-state index is -0.299. The molecule has 1 aromatic carbocycles. The Bertz CT molecular complexity index is 854. The molecule has 0 saturated carbocycles. The lowest BCUT2D eigenvalue weighted by Crippen LogP contribution is -2.14. The fourth-order valence-corrected chi connectivity index (χ4v) is 3.08. The Morgan fingerprint density at radius 2 is 2.00 bits per heavy atom. The summed E-state index contributed by atoms with van der Waals surface area (Å²) in [7, 11) is 1.63. The van der Waals surface area contributed by atoms with Crippen molar-refractivity contribution in [3.63, 3.8) is 0 Å². The number of aryl methyl sites for hydroxylation is 2. The van der Waals surface area contributed by atoms with E-state index >= 15 is 0 Å². The zero-order valence-electron chi connectivity index (χ0n) is 13.6. The van der Waals surface area contributed by atoms with Crippen LogP contribution in [0.4, 0.5) is 5.95 Å². The number of anilines is 1. The number of thiazole rings is 1. The van der Waals surface area contributed by atoms with E-state index in [-0.39, 0.29) is 11.9 Å². The van der Waals surface area contributed by atoms with Crippen LogP contribution >= 0.6 is 11.3 Å². The van der Waals surface area contributed by atoms with Crippen molar-refractivity contribution < 1.29 is 9.53 Å². The number of hydrogen-bond donors (Lipinski definition) is 2. The average molecular weight is 343 g/mol. The predicted molar refractivity (Wildman–Crippen MR) is 91.7 cm³/mol. The van der Waals surface area contributed by atoms with Crippen LogP contribution in [0, 0.1) is 13.8 Å². The Morgan fingerprint density at radius 1 is 1.25 bits per heavy atom. The number of carbonyl (C=O) groups excluding carboxylic acids is 1. The number of amides is 1. The molecule has 0 atom stereocenters. The lowest BCUT2D eigenvalue weighted by molar-refractivity contribution is 0.102. The number of nitrogens with one attached hydrogen (secondary N) is 2. The van der Waals surface area contributed by atoms with Gasteiger partial charge in [0.1, 0.15) is 17.3 Å². The van der Waals surface area contributed by atoms with E-state index in [0.717, 1.165) is 21.2 Å². The third kappa shape index (κ3) is 3.60. The number of aromatic amines is 1. The third-order valence-corrected chi connectivity index (χ3v) is 4.29. The number of ether oxygens (including phenoxy) is 1. The van der Waals surface area contributed by atoms with Crippen LogP contribution in [-0.4, -0.2) is 33.2 Å². The minimum Gasteiger partial charge on any atom is -0.497 e. The Hall–Kier alpha value is -2.74. The smallest absolute Gasteiger partial charge is 0.277 e. The fraction of sp³-hybridized carbons (Fsp3) is 0.250. The second kappa shape index (κ2) is 6.79. The van der Waals surface area contributed by atoms with E-state index in [1.165, 1.54) is 11.3 Å². The van der Waals surface area contributed by atoms with Gasteiger partial charge in [-0.2, -0.15) is 4.98 Å². The van der Waals surface area contributed by atoms with Crippen LogP contribution in [0.3, 0.4) is 0 Å². The first-order valence-corrected chi connectivity index (χ1v) is 8.16. The van der Waals surface area contributed by atoms with Gasteiger partial charge in [0.15, 0.2) is 0 Å². The molecule has 0 unspecified atom stereocenters. The molecule has 3 aromatic rings. The van der Waals surface area contributed by atoms with E-state index in [1.807, 2.05) is 38.1 Å². The van der Waals surface area contributed by atoms with E-state index in [0.29, 0.717) is 17.9 Å². The summed E-state index contributed by atoms with van der Waals surface area (Å²) in [6, 6.07) is 7.70. The van der Waals surface area contributed by atoms with Crippen molar-refractivity contribution in [3.05, 3.63) is 51.2 Å². The molecule has 7 nitrogen and oxygen atoms in total. The van der Waals surface area contributed by atoms with Gasteiger partial charge in [0, 0.05) is 11.3 Å². The molecule has 3 rings (SSSR count). The van der Waals surface area contributed by atoms with E-state index < -0.39 is 0 Å². The molecule has 2 aromatic heterocycles. The van der Waals surface area contributed by atoms with Crippen molar-refractivity contribution in [2.75, 3.05) is 12.4 Å². The topological polar surface area (TPSA) is 92.8 Å². The molecule has 0 aliphatic carbocycles. The summed E-state index contributed by atoms with van der Waals surface area (Å²) < 4.78 is 5.13. The number of carbonyl (C=O) groups is 1. The number of H-pyrrole nitrogens is 1. The Morgan fingerprint density at radius 3 is 2.62 bits per heavy atom. The zero-order valence-corrected chi connectivity index (χ0v) is 14.4. The summed E-state index contributed by atoms with van der Waals surface area (Å²) in [5.41, 5.74) is 1.48. The van der Waals surface area contributed by atoms with Gasteiger partial charge < -0.3 is 4.74 Å². The number of methoxy groups -OCH3 is 1. The molecule has 24 heavy (non-hydrogen) atoms. The van der Waals surface area contributed by atoms with Crippen molar-refractivity contribution >= 4 is 23.2 Å². The number of hydrogen-bond acceptors (Lipinski definition) is 6. The summed E-state index contributed by atoms with van der Waals surface area (Å²) in [5, 5.41) is 10.4. The lowest BCUT2D eigenvalue weighted by atomic mass is 10.1. The molecular weight excluding hydrogens is 326 g/mol. The largest absolute Gasteiger partial charge is 0.497 e. The van der Waals surface area contributed by atoms with Crippen LogP contribution < -0.4 is 10.1 Å². The molecule has 124 valence electrons. The maximum Gasteiger partial charge on any atom is 0.277 e. The van der Waals surface area contributed by atoms with E-state index in [4.69, 9.17) is 4.74 Å². The molecule has 0 spiro atoms. The van der Waals surface area contributed by atoms with Gasteiger partial charge in [-0.3, -0.25) is 15.2 Å². The molecule has 2 N–H and O–H groups in total. The van der Waals surface area contributed by atoms with Gasteiger partial charge in [-0.1, -0.05) is 12.1 Å². The maximum absolute atomic E-state index is 12.2. The molecule has 2 heterocycles. The summed E-state index contributed by atoms with van der Waals surface area (Å²) >= 11 is 1.49. The number of nitrogens with zero attached hydrogens (tertiary/aromatic N) is 3. The Balaban J connectivity index is 1.66. The van der Waals surface area contributed by atoms with Crippen LogP contribution in [-0.2, 0) is 6.42 Å². The lowest BCUT2D eigenvalue weighted by Gasteiger charge is -2.01. The van der Waals surface area contributed by atoms with E-state index in [2.05, 4.69) is 25.5 Å². The molecule has 8 heteroatoms. The monoisotopic (exact) mass is 343 g/mol. The van der Waals surface area contributed by atoms with Gasteiger partial charge in [0.25, 0.3) is 5.91 Å². The standard InChI is InChI=1S/C16H17N5O2S/c1-9-14(17-10(2)24-9)15(22)19-16-18-13(20-21-16)8-11-4-6-12(23-3)7-5-11/h4-7H,8H2,1-3H3,(H2,18,19,20,21,22). The Kier molecular flexibility index (Phi) is 4.57. The molecular formula is C16H17N5O2S. The molecule has 1 amide bonds. The van der Waals surface area contributed by atoms with Gasteiger partial charge >= 0.3 is 0 Å². The van der Waals surface area contributed by atoms with Crippen LogP contribution in [0.25, 0.3) is 0 Å². The van der Waals surface area contributed by atoms with Crippen molar-refractivity contribution in [3.8, 4) is 5.75 Å². The van der Waals surface area contributed by atoms with Crippen molar-refractivity contribution in [1.29, 1.82) is 0 Å². The van der Waals surface area contributed by atoms with Gasteiger partial charge in [-0.25, -0.2) is 4.98 Å². The number of aromatic nitrogens is 4. The first-order valence-electron chi connectivity index (χ1n) is 7.34. The molecule has 0 radical (unpaired) electrons. The van der Waals surface area contributed by atoms with Gasteiger partial charge in [-0.15, -0.1) is 16.4 Å². The van der Waals surface area contributed by atoms with Crippen LogP contribution in [0.1, 0.15) is 31.8 Å². The van der Waals surface area contributed by atoms with Gasteiger partial charge in [0.2, 0.25) is 5.95 Å². The quantitative estimate of drug-likeness (QED) is 0.743. The highest BCUT2D eigenvalue weighted by molar-refractivity contribution is 7.11. The highest BCUT2D eigenvalue weighted by atomic mass is 32.1. The normalized spacial score (nSPS) is 10.6. The van der Waals surface area contributed by atoms with Crippen LogP contribution in [0.5, 0.6) is 5.75 Å². The summed E-state index contributed by atoms with van der Waals surface area (Å²) in [4.78, 5) is 21.6. The summed E-state index contributed by atoms with van der Waals surface area (Å²) in [6.45, 7) is 3.74. The summed E-state index contributed by atoms with van der Waals surface area (Å²) in [6.07, 6.45) is 0.585. The molecule has 0 aliphatic rings. The second-order valence-corrected chi connectivity index (χ2v) is 6.63. The molecule has 0 fully saturated rings. The third-order valence-electron chi connectivity index (χ3n) is 3.41. The molecule has 0 aliphatic heterocycles. The predicted octanol–water partition coefficient (Wildman–Crippen LogP) is 2.73. The van der Waals surface area contributed by atoms with Crippen LogP contribution in [0.2, 0.25) is 0 Å². The molecule has 0 saturated heterocycles. The van der Waals surface area contributed by atoms with Crippen molar-refractivity contribution in [2.45, 2.75) is 20.3 Å². The first kappa shape index (κ1) is 16.1. The van der Waals surface area contributed by atoms with E-state index in [1.54, 1.807) is 7.11 Å². The molecule has 0 bridgehead atoms. The highest BCUT2D eigenvalue weighted by Crippen LogP contribution is 2.17. The highest BCUT2D eigenvalue weighted by Gasteiger charge is 2.16. The van der Waals surface area contributed by atoms with Crippen molar-refractivity contribution in [2.24, 2.45) is 0 Å². The van der Waals surface area contributed by atoms with Gasteiger partial charge in [0.05, 0.1) is 12.1 Å². The van der Waals surface area contributed by atoms with Gasteiger partial charge in [-0.05, 0) is 31.5 Å². The Labute approximate surface area is 143 Å². The second-order valence-electron chi connectivity index (χ2n) is 5.22. The van der Waals surface area contributed by atoms with Crippen molar-refractivity contribution in [1.82, 2.24) is 20.2 Å². The fourth-order valence-electron chi connectivity index (χ4n) is 2.27. The van der Waals surface area contributed by atoms with E-state index in [9.17, 15) is 4.79 Å². The zero-order chi connectivity index (χ0) is 17.1. The van der Waals surface area contributed by atoms with Crippen LogP contribution in [0.15, 0.2) is 24.3 Å². The average Bonchev–Trinajstić information content (AvgIpc) is 3.14.